The molecule has 1 aromatic heterocycles. The van der Waals surface area contributed by atoms with E-state index in [2.05, 4.69) is 15.6 Å². The van der Waals surface area contributed by atoms with Crippen molar-refractivity contribution in [2.45, 2.75) is 84.2 Å². The number of benzene rings is 1. The lowest BCUT2D eigenvalue weighted by Gasteiger charge is -2.33. The molecule has 42 heavy (non-hydrogen) atoms. The van der Waals surface area contributed by atoms with Gasteiger partial charge in [0.2, 0.25) is 0 Å². The topological polar surface area (TPSA) is 113 Å². The predicted octanol–water partition coefficient (Wildman–Crippen LogP) is 7.03. The molecule has 2 amide bonds. The lowest BCUT2D eigenvalue weighted by Crippen LogP contribution is -2.52. The molecule has 1 saturated heterocycles. The maximum absolute atomic E-state index is 14.2. The third-order valence-electron chi connectivity index (χ3n) is 6.70. The number of rotatable bonds is 9. The van der Waals surface area contributed by atoms with E-state index in [1.807, 2.05) is 13.8 Å². The Bertz CT molecular complexity index is 1240. The van der Waals surface area contributed by atoms with Gasteiger partial charge in [0, 0.05) is 25.3 Å². The second-order valence-electron chi connectivity index (χ2n) is 12.4. The number of alkyl carbamates (subject to hydrolysis) is 1. The SMILES string of the molecule is CC(C)CC(C)(COc1ccc(-c2ccnc(NC3CCN(C(=O)O)CC3)c2)cc1C(F)(F)F)NC(=O)OC(C)(C)C. The Labute approximate surface area is 244 Å². The number of aromatic nitrogens is 1. The summed E-state index contributed by atoms with van der Waals surface area (Å²) in [6.07, 6.45) is -3.15. The summed E-state index contributed by atoms with van der Waals surface area (Å²) in [6, 6.07) is 7.18. The van der Waals surface area contributed by atoms with Crippen LogP contribution in [0.3, 0.4) is 0 Å². The van der Waals surface area contributed by atoms with E-state index in [9.17, 15) is 22.8 Å². The molecule has 0 saturated carbocycles. The largest absolute Gasteiger partial charge is 0.491 e. The van der Waals surface area contributed by atoms with Gasteiger partial charge in [-0.2, -0.15) is 13.2 Å². The highest BCUT2D eigenvalue weighted by Crippen LogP contribution is 2.39. The monoisotopic (exact) mass is 594 g/mol. The molecular weight excluding hydrogens is 553 g/mol. The zero-order valence-corrected chi connectivity index (χ0v) is 25.0. The molecule has 1 aromatic carbocycles. The van der Waals surface area contributed by atoms with Crippen molar-refractivity contribution in [3.63, 3.8) is 0 Å². The van der Waals surface area contributed by atoms with Crippen LogP contribution in [0.5, 0.6) is 5.75 Å². The van der Waals surface area contributed by atoms with Gasteiger partial charge < -0.3 is 30.1 Å². The summed E-state index contributed by atoms with van der Waals surface area (Å²) in [5.74, 6) is 0.273. The first kappa shape index (κ1) is 32.8. The van der Waals surface area contributed by atoms with Gasteiger partial charge in [-0.05, 0) is 88.3 Å². The van der Waals surface area contributed by atoms with E-state index in [4.69, 9.17) is 14.6 Å². The molecule has 9 nitrogen and oxygen atoms in total. The van der Waals surface area contributed by atoms with Crippen LogP contribution in [0.1, 0.15) is 66.4 Å². The number of halogens is 3. The lowest BCUT2D eigenvalue weighted by molar-refractivity contribution is -0.139. The quantitative estimate of drug-likeness (QED) is 0.286. The molecule has 1 atom stereocenters. The van der Waals surface area contributed by atoms with Crippen molar-refractivity contribution in [3.05, 3.63) is 42.1 Å². The summed E-state index contributed by atoms with van der Waals surface area (Å²) < 4.78 is 53.7. The van der Waals surface area contributed by atoms with Crippen LogP contribution in [0.2, 0.25) is 0 Å². The summed E-state index contributed by atoms with van der Waals surface area (Å²) >= 11 is 0. The summed E-state index contributed by atoms with van der Waals surface area (Å²) in [6.45, 7) is 11.4. The lowest BCUT2D eigenvalue weighted by atomic mass is 9.91. The number of carbonyl (C=O) groups excluding carboxylic acids is 1. The number of hydrogen-bond donors (Lipinski definition) is 3. The van der Waals surface area contributed by atoms with Crippen LogP contribution < -0.4 is 15.4 Å². The second-order valence-corrected chi connectivity index (χ2v) is 12.4. The fourth-order valence-electron chi connectivity index (χ4n) is 5.00. The Balaban J connectivity index is 1.79. The maximum Gasteiger partial charge on any atom is 0.419 e. The van der Waals surface area contributed by atoms with Crippen LogP contribution in [-0.4, -0.2) is 64.1 Å². The Hall–Kier alpha value is -3.70. The van der Waals surface area contributed by atoms with Crippen LogP contribution in [0.15, 0.2) is 36.5 Å². The van der Waals surface area contributed by atoms with Crippen molar-refractivity contribution in [1.29, 1.82) is 0 Å². The molecule has 1 aliphatic rings. The van der Waals surface area contributed by atoms with Gasteiger partial charge in [0.1, 0.15) is 23.8 Å². The Morgan fingerprint density at radius 3 is 2.29 bits per heavy atom. The number of alkyl halides is 3. The molecule has 1 aliphatic heterocycles. The summed E-state index contributed by atoms with van der Waals surface area (Å²) in [7, 11) is 0. The minimum Gasteiger partial charge on any atom is -0.491 e. The molecule has 3 N–H and O–H groups in total. The Kier molecular flexibility index (Phi) is 10.2. The molecule has 0 radical (unpaired) electrons. The average molecular weight is 595 g/mol. The zero-order chi connectivity index (χ0) is 31.3. The van der Waals surface area contributed by atoms with E-state index in [0.29, 0.717) is 49.3 Å². The fourth-order valence-corrected chi connectivity index (χ4v) is 5.00. The number of nitrogens with one attached hydrogen (secondary N) is 2. The van der Waals surface area contributed by atoms with E-state index in [-0.39, 0.29) is 24.3 Å². The first-order chi connectivity index (χ1) is 19.4. The van der Waals surface area contributed by atoms with E-state index in [1.54, 1.807) is 45.9 Å². The number of piperidine rings is 1. The maximum atomic E-state index is 14.2. The van der Waals surface area contributed by atoms with Crippen LogP contribution in [0.4, 0.5) is 28.6 Å². The third-order valence-corrected chi connectivity index (χ3v) is 6.70. The average Bonchev–Trinajstić information content (AvgIpc) is 2.85. The van der Waals surface area contributed by atoms with Crippen LogP contribution in [0.25, 0.3) is 11.1 Å². The van der Waals surface area contributed by atoms with Gasteiger partial charge in [-0.1, -0.05) is 19.9 Å². The van der Waals surface area contributed by atoms with E-state index < -0.39 is 35.1 Å². The van der Waals surface area contributed by atoms with E-state index in [1.165, 1.54) is 17.2 Å². The van der Waals surface area contributed by atoms with Gasteiger partial charge in [0.25, 0.3) is 0 Å². The minimum atomic E-state index is -4.69. The minimum absolute atomic E-state index is 0.000647. The molecule has 232 valence electrons. The van der Waals surface area contributed by atoms with Gasteiger partial charge in [-0.3, -0.25) is 0 Å². The van der Waals surface area contributed by atoms with Gasteiger partial charge in [-0.25, -0.2) is 14.6 Å². The van der Waals surface area contributed by atoms with E-state index >= 15 is 0 Å². The van der Waals surface area contributed by atoms with Gasteiger partial charge in [0.05, 0.1) is 11.1 Å². The smallest absolute Gasteiger partial charge is 0.419 e. The van der Waals surface area contributed by atoms with Crippen molar-refractivity contribution in [1.82, 2.24) is 15.2 Å². The highest BCUT2D eigenvalue weighted by Gasteiger charge is 2.37. The van der Waals surface area contributed by atoms with Crippen molar-refractivity contribution >= 4 is 18.0 Å². The fraction of sp³-hybridized carbons (Fsp3) is 0.567. The molecule has 12 heteroatoms. The van der Waals surface area contributed by atoms with Crippen LogP contribution >= 0.6 is 0 Å². The van der Waals surface area contributed by atoms with Gasteiger partial charge >= 0.3 is 18.4 Å². The molecule has 1 unspecified atom stereocenters. The summed E-state index contributed by atoms with van der Waals surface area (Å²) in [4.78, 5) is 29.3. The summed E-state index contributed by atoms with van der Waals surface area (Å²) in [5, 5.41) is 15.2. The Morgan fingerprint density at radius 1 is 1.07 bits per heavy atom. The predicted molar refractivity (Wildman–Crippen MR) is 154 cm³/mol. The van der Waals surface area contributed by atoms with Crippen molar-refractivity contribution in [3.8, 4) is 16.9 Å². The van der Waals surface area contributed by atoms with Crippen molar-refractivity contribution < 1.29 is 37.3 Å². The molecule has 0 bridgehead atoms. The number of pyridine rings is 1. The molecule has 0 spiro atoms. The highest BCUT2D eigenvalue weighted by molar-refractivity contribution is 5.69. The molecule has 2 aromatic rings. The molecular formula is C30H41F3N4O5. The standard InChI is InChI=1S/C30H41F3N4O5/c1-19(2)17-29(6,36-26(38)42-28(3,4)5)18-41-24-8-7-20(15-23(24)30(31,32)33)21-9-12-34-25(16-21)35-22-10-13-37(14-11-22)27(39)40/h7-9,12,15-16,19,22H,10-11,13-14,17-18H2,1-6H3,(H,34,35)(H,36,38)(H,39,40). The van der Waals surface area contributed by atoms with Gasteiger partial charge in [-0.15, -0.1) is 0 Å². The molecule has 0 aliphatic carbocycles. The second kappa shape index (κ2) is 13.1. The zero-order valence-electron chi connectivity index (χ0n) is 25.0. The molecule has 1 fully saturated rings. The number of hydrogen-bond acceptors (Lipinski definition) is 6. The molecule has 2 heterocycles. The summed E-state index contributed by atoms with van der Waals surface area (Å²) in [5.41, 5.74) is -1.79. The number of carbonyl (C=O) groups is 2. The number of amides is 2. The first-order valence-electron chi connectivity index (χ1n) is 14.0. The normalized spacial score (nSPS) is 16.1. The molecule has 3 rings (SSSR count). The van der Waals surface area contributed by atoms with Gasteiger partial charge in [0.15, 0.2) is 0 Å². The number of carboxylic acid groups (broad SMARTS) is 1. The number of ether oxygens (including phenoxy) is 2. The number of anilines is 1. The number of likely N-dealkylation sites (tertiary alicyclic amines) is 1. The van der Waals surface area contributed by atoms with Crippen molar-refractivity contribution in [2.24, 2.45) is 5.92 Å². The van der Waals surface area contributed by atoms with Crippen molar-refractivity contribution in [2.75, 3.05) is 25.0 Å². The number of nitrogens with zero attached hydrogens (tertiary/aromatic N) is 2. The first-order valence-corrected chi connectivity index (χ1v) is 14.0. The third kappa shape index (κ3) is 9.70. The van der Waals surface area contributed by atoms with Crippen LogP contribution in [-0.2, 0) is 10.9 Å². The highest BCUT2D eigenvalue weighted by atomic mass is 19.4. The Morgan fingerprint density at radius 2 is 1.71 bits per heavy atom. The van der Waals surface area contributed by atoms with E-state index in [0.717, 1.165) is 6.07 Å². The van der Waals surface area contributed by atoms with Crippen LogP contribution in [0, 0.1) is 5.92 Å².